The fourth-order valence-corrected chi connectivity index (χ4v) is 5.45. The van der Waals surface area contributed by atoms with Gasteiger partial charge in [0.25, 0.3) is 17.4 Å². The Bertz CT molecular complexity index is 2000. The van der Waals surface area contributed by atoms with Crippen LogP contribution in [0.2, 0.25) is 0 Å². The van der Waals surface area contributed by atoms with E-state index in [0.717, 1.165) is 35.4 Å². The number of thiazole rings is 1. The molecule has 20 nitrogen and oxygen atoms in total. The first-order chi connectivity index (χ1) is 24.9. The van der Waals surface area contributed by atoms with Crippen molar-refractivity contribution in [1.29, 1.82) is 0 Å². The number of aliphatic carboxylic acids is 2. The van der Waals surface area contributed by atoms with E-state index in [1.807, 2.05) is 40.9 Å². The Balaban J connectivity index is 0.00000102. The van der Waals surface area contributed by atoms with Gasteiger partial charge in [-0.25, -0.2) is 9.78 Å². The second kappa shape index (κ2) is 16.8. The number of carbonyl (C=O) groups is 4. The maximum Gasteiger partial charge on any atom is 0.430 e. The largest absolute Gasteiger partial charge is 0.542 e. The summed E-state index contributed by atoms with van der Waals surface area (Å²) in [4.78, 5) is 56.3. The van der Waals surface area contributed by atoms with Crippen LogP contribution < -0.4 is 31.3 Å². The zero-order chi connectivity index (χ0) is 40.8. The van der Waals surface area contributed by atoms with Crippen LogP contribution in [0.15, 0.2) is 47.2 Å². The predicted octanol–water partition coefficient (Wildman–Crippen LogP) is -0.851. The van der Waals surface area contributed by atoms with Crippen molar-refractivity contribution in [2.75, 3.05) is 18.9 Å². The second-order valence-corrected chi connectivity index (χ2v) is 13.9. The molecule has 25 heteroatoms. The number of aromatic nitrogens is 3. The number of rotatable bonds is 15. The number of oxime groups is 1. The minimum absolute atomic E-state index is 0.0573. The zero-order valence-corrected chi connectivity index (χ0v) is 30.4. The molecule has 2 unspecified atom stereocenters. The van der Waals surface area contributed by atoms with Gasteiger partial charge in [0, 0.05) is 5.38 Å². The number of aryl methyl sites for hydroxylation is 2. The van der Waals surface area contributed by atoms with Crippen LogP contribution in [0.25, 0.3) is 11.1 Å². The number of carboxylic acid groups (broad SMARTS) is 2. The summed E-state index contributed by atoms with van der Waals surface area (Å²) < 4.78 is 76.8. The van der Waals surface area contributed by atoms with Gasteiger partial charge in [0.05, 0.1) is 23.8 Å². The molecule has 0 radical (unpaired) electrons. The van der Waals surface area contributed by atoms with Crippen molar-refractivity contribution in [1.82, 2.24) is 20.0 Å². The van der Waals surface area contributed by atoms with Crippen LogP contribution in [-0.4, -0.2) is 98.8 Å². The average Bonchev–Trinajstić information content (AvgIpc) is 3.68. The van der Waals surface area contributed by atoms with Crippen molar-refractivity contribution in [3.8, 4) is 16.9 Å². The number of alkyl halides is 3. The molecular formula is C29H35F3N8O12S2. The normalized spacial score (nSPS) is 16.7. The molecule has 1 saturated heterocycles. The van der Waals surface area contributed by atoms with E-state index in [4.69, 9.17) is 35.5 Å². The Labute approximate surface area is 308 Å². The van der Waals surface area contributed by atoms with Gasteiger partial charge in [-0.2, -0.15) is 31.3 Å². The fraction of sp³-hybridized carbons (Fsp3) is 0.414. The number of β-lactam (4-membered cyclic amide) rings is 1. The molecule has 0 spiro atoms. The van der Waals surface area contributed by atoms with Crippen molar-refractivity contribution in [3.63, 3.8) is 0 Å². The topological polar surface area (TPSA) is 295 Å². The van der Waals surface area contributed by atoms with E-state index in [1.165, 1.54) is 26.2 Å². The average molecular weight is 809 g/mol. The molecule has 3 heterocycles. The van der Waals surface area contributed by atoms with Crippen molar-refractivity contribution < 1.29 is 74.1 Å². The molecule has 1 aromatic carbocycles. The Kier molecular flexibility index (Phi) is 13.4. The number of nitrogen functional groups attached to an aromatic ring is 1. The molecule has 1 fully saturated rings. The van der Waals surface area contributed by atoms with E-state index in [2.05, 4.69) is 19.7 Å². The molecule has 1 aliphatic rings. The Morgan fingerprint density at radius 3 is 2.30 bits per heavy atom. The van der Waals surface area contributed by atoms with E-state index in [0.29, 0.717) is 17.4 Å². The number of anilines is 1. The van der Waals surface area contributed by atoms with Crippen molar-refractivity contribution in [3.05, 3.63) is 47.7 Å². The number of nitrogens with zero attached hydrogens (tertiary/aromatic N) is 5. The molecule has 1 aliphatic heterocycles. The molecule has 0 saturated carbocycles. The van der Waals surface area contributed by atoms with Gasteiger partial charge in [-0.3, -0.25) is 14.1 Å². The van der Waals surface area contributed by atoms with Crippen molar-refractivity contribution >= 4 is 56.3 Å². The summed E-state index contributed by atoms with van der Waals surface area (Å²) in [5, 5.41) is 26.7. The van der Waals surface area contributed by atoms with Gasteiger partial charge in [-0.15, -0.1) is 20.3 Å². The molecule has 296 valence electrons. The third kappa shape index (κ3) is 10.8. The van der Waals surface area contributed by atoms with Gasteiger partial charge < -0.3 is 41.4 Å². The van der Waals surface area contributed by atoms with Crippen LogP contribution >= 0.6 is 11.3 Å². The Morgan fingerprint density at radius 2 is 1.81 bits per heavy atom. The summed E-state index contributed by atoms with van der Waals surface area (Å²) >= 11 is 0.960. The first-order valence-electron chi connectivity index (χ1n) is 15.2. The van der Waals surface area contributed by atoms with E-state index < -0.39 is 69.8 Å². The number of nitrogens with one attached hydrogen (secondary N) is 1. The number of hydroxylamine groups is 2. The lowest BCUT2D eigenvalue weighted by molar-refractivity contribution is -0.753. The van der Waals surface area contributed by atoms with Crippen LogP contribution in [-0.2, 0) is 52.3 Å². The highest BCUT2D eigenvalue weighted by molar-refractivity contribution is 7.80. The Morgan fingerprint density at radius 1 is 1.20 bits per heavy atom. The maximum absolute atomic E-state index is 13.3. The van der Waals surface area contributed by atoms with Gasteiger partial charge in [-0.1, -0.05) is 17.3 Å². The standard InChI is InChI=1S/C27H34N8O10S2.C2HF3O2/c1-26(2)21(23(37)35(26)45-47(40,41)42)31-22(36)20(19-14-46-25(29)30-19)32-44-27(3,24(38)39)15-43-18-8-6-16(7-9-18)17-12-33(4)34(13-17)11-5-10-28;3-2(4,5)1(6)7/h6-9,12-14,21H,5,10-11,15,28H2,1-4H3,(H4-,29,30,31,36,38,39,40,41,42);(H,6,7). The number of hydrogen-bond donors (Lipinski definition) is 5. The number of halogens is 3. The summed E-state index contributed by atoms with van der Waals surface area (Å²) in [5.41, 5.74) is 9.05. The Hall–Kier alpha value is -5.37. The SMILES string of the molecule is C[n+]1cc(-c2ccc(OCC(C)(ON=C(C(=O)NC3C(=O)N(OS(=O)(=O)O)C3(C)C)c3csc(N)n3)C(=O)O)cc2)cn1CCCN.O=C([O-])C(F)(F)F. The van der Waals surface area contributed by atoms with Crippen LogP contribution in [0.3, 0.4) is 0 Å². The molecule has 4 rings (SSSR count). The number of carbonyl (C=O) groups excluding carboxylic acids is 3. The summed E-state index contributed by atoms with van der Waals surface area (Å²) in [6.45, 7) is 4.73. The van der Waals surface area contributed by atoms with Gasteiger partial charge >= 0.3 is 22.5 Å². The minimum atomic E-state index is -5.19. The third-order valence-corrected chi connectivity index (χ3v) is 8.45. The lowest BCUT2D eigenvalue weighted by atomic mass is 9.84. The van der Waals surface area contributed by atoms with Gasteiger partial charge in [-0.05, 0) is 51.4 Å². The van der Waals surface area contributed by atoms with Gasteiger partial charge in [0.2, 0.25) is 6.20 Å². The first-order valence-corrected chi connectivity index (χ1v) is 17.4. The number of ether oxygens (including phenoxy) is 1. The van der Waals surface area contributed by atoms with Crippen molar-refractivity contribution in [2.24, 2.45) is 17.9 Å². The quantitative estimate of drug-likeness (QED) is 0.0411. The molecule has 2 aromatic heterocycles. The molecule has 54 heavy (non-hydrogen) atoms. The second-order valence-electron chi connectivity index (χ2n) is 12.0. The van der Waals surface area contributed by atoms with Crippen LogP contribution in [0.5, 0.6) is 5.75 Å². The molecule has 3 aromatic rings. The number of hydrogen-bond acceptors (Lipinski definition) is 15. The van der Waals surface area contributed by atoms with Gasteiger partial charge in [0.15, 0.2) is 17.9 Å². The summed E-state index contributed by atoms with van der Waals surface area (Å²) in [6.07, 6.45) is -0.401. The smallest absolute Gasteiger partial charge is 0.430 e. The van der Waals surface area contributed by atoms with Crippen LogP contribution in [0, 0.1) is 0 Å². The molecular weight excluding hydrogens is 773 g/mol. The molecule has 2 amide bonds. The summed E-state index contributed by atoms with van der Waals surface area (Å²) in [6, 6.07) is 5.63. The zero-order valence-electron chi connectivity index (χ0n) is 28.8. The minimum Gasteiger partial charge on any atom is -0.542 e. The highest BCUT2D eigenvalue weighted by Crippen LogP contribution is 2.33. The lowest BCUT2D eigenvalue weighted by Gasteiger charge is -2.50. The lowest BCUT2D eigenvalue weighted by Crippen LogP contribution is -2.76. The fourth-order valence-electron chi connectivity index (χ4n) is 4.44. The molecule has 2 atom stereocenters. The predicted molar refractivity (Wildman–Crippen MR) is 177 cm³/mol. The summed E-state index contributed by atoms with van der Waals surface area (Å²) in [7, 11) is -3.10. The number of amides is 2. The van der Waals surface area contributed by atoms with E-state index in [1.54, 1.807) is 12.1 Å². The highest BCUT2D eigenvalue weighted by Gasteiger charge is 2.58. The number of carboxylic acids is 2. The third-order valence-electron chi connectivity index (χ3n) is 7.44. The van der Waals surface area contributed by atoms with Crippen LogP contribution in [0.4, 0.5) is 18.3 Å². The highest BCUT2D eigenvalue weighted by atomic mass is 32.3. The van der Waals surface area contributed by atoms with E-state index >= 15 is 0 Å². The van der Waals surface area contributed by atoms with E-state index in [9.17, 15) is 41.1 Å². The van der Waals surface area contributed by atoms with Crippen molar-refractivity contribution in [2.45, 2.75) is 57.1 Å². The van der Waals surface area contributed by atoms with E-state index in [-0.39, 0.29) is 10.8 Å². The number of nitrogens with two attached hydrogens (primary N) is 2. The monoisotopic (exact) mass is 808 g/mol. The van der Waals surface area contributed by atoms with Crippen LogP contribution in [0.1, 0.15) is 32.9 Å². The number of benzene rings is 1. The molecule has 7 N–H and O–H groups in total. The maximum atomic E-state index is 13.3. The summed E-state index contributed by atoms with van der Waals surface area (Å²) in [5.74, 6) is -6.15. The molecule has 0 aliphatic carbocycles. The van der Waals surface area contributed by atoms with Gasteiger partial charge in [0.1, 0.15) is 30.1 Å². The molecule has 0 bridgehead atoms. The first kappa shape index (κ1) is 43.0.